The summed E-state index contributed by atoms with van der Waals surface area (Å²) >= 11 is 2.19. The summed E-state index contributed by atoms with van der Waals surface area (Å²) < 4.78 is 28.3. The highest BCUT2D eigenvalue weighted by molar-refractivity contribution is 6.99. The zero-order valence-electron chi connectivity index (χ0n) is 13.3. The molecule has 130 valence electrons. The van der Waals surface area contributed by atoms with Crippen LogP contribution >= 0.6 is 23.5 Å². The lowest BCUT2D eigenvalue weighted by Gasteiger charge is -2.06. The Balaban J connectivity index is 1.36. The minimum absolute atomic E-state index is 0.308. The summed E-state index contributed by atoms with van der Waals surface area (Å²) in [6.07, 6.45) is 6.86. The topological polar surface area (TPSA) is 95.8 Å². The Morgan fingerprint density at radius 2 is 1.19 bits per heavy atom. The molecule has 4 heterocycles. The molecule has 10 heteroatoms. The lowest BCUT2D eigenvalue weighted by molar-refractivity contribution is 0.210. The lowest BCUT2D eigenvalue weighted by Crippen LogP contribution is -2.10. The van der Waals surface area contributed by atoms with Gasteiger partial charge in [0.25, 0.3) is 11.8 Å². The van der Waals surface area contributed by atoms with Gasteiger partial charge in [-0.3, -0.25) is 9.97 Å². The monoisotopic (exact) mass is 384 g/mol. The molecule has 4 aromatic heterocycles. The van der Waals surface area contributed by atoms with Gasteiger partial charge < -0.3 is 9.47 Å². The van der Waals surface area contributed by atoms with Crippen LogP contribution in [0.15, 0.2) is 49.1 Å². The van der Waals surface area contributed by atoms with E-state index in [1.807, 2.05) is 24.3 Å². The average Bonchev–Trinajstić information content (AvgIpc) is 3.36. The van der Waals surface area contributed by atoms with E-state index < -0.39 is 0 Å². The molecule has 0 aliphatic carbocycles. The van der Waals surface area contributed by atoms with Crippen LogP contribution in [0.2, 0.25) is 0 Å². The number of rotatable bonds is 7. The molecule has 0 unspecified atom stereocenters. The second-order valence-corrected chi connectivity index (χ2v) is 6.07. The second kappa shape index (κ2) is 7.93. The van der Waals surface area contributed by atoms with Crippen LogP contribution < -0.4 is 9.47 Å². The van der Waals surface area contributed by atoms with Crippen LogP contribution in [0.25, 0.3) is 22.5 Å². The van der Waals surface area contributed by atoms with E-state index >= 15 is 0 Å². The van der Waals surface area contributed by atoms with Crippen molar-refractivity contribution < 1.29 is 9.47 Å². The molecule has 4 aromatic rings. The minimum atomic E-state index is 0.308. The molecule has 4 rings (SSSR count). The fourth-order valence-corrected chi connectivity index (χ4v) is 3.22. The van der Waals surface area contributed by atoms with Crippen LogP contribution in [-0.4, -0.2) is 40.7 Å². The van der Waals surface area contributed by atoms with E-state index in [0.717, 1.165) is 34.6 Å². The third kappa shape index (κ3) is 3.65. The van der Waals surface area contributed by atoms with Crippen LogP contribution in [0.4, 0.5) is 0 Å². The predicted octanol–water partition coefficient (Wildman–Crippen LogP) is 2.97. The zero-order valence-corrected chi connectivity index (χ0v) is 15.0. The molecule has 0 aliphatic heterocycles. The largest absolute Gasteiger partial charge is 0.472 e. The van der Waals surface area contributed by atoms with Gasteiger partial charge in [0, 0.05) is 35.9 Å². The van der Waals surface area contributed by atoms with Gasteiger partial charge >= 0.3 is 0 Å². The molecule has 0 N–H and O–H groups in total. The molecule has 0 fully saturated rings. The molecular formula is C16H12N6O2S2. The summed E-state index contributed by atoms with van der Waals surface area (Å²) in [7, 11) is 0. The first-order valence-electron chi connectivity index (χ1n) is 7.63. The molecule has 0 saturated carbocycles. The van der Waals surface area contributed by atoms with Crippen molar-refractivity contribution in [3.05, 3.63) is 49.1 Å². The van der Waals surface area contributed by atoms with Crippen molar-refractivity contribution >= 4 is 23.5 Å². The molecule has 8 nitrogen and oxygen atoms in total. The van der Waals surface area contributed by atoms with Crippen LogP contribution in [0.5, 0.6) is 11.8 Å². The van der Waals surface area contributed by atoms with Crippen molar-refractivity contribution in [1.29, 1.82) is 0 Å². The third-order valence-electron chi connectivity index (χ3n) is 3.35. The van der Waals surface area contributed by atoms with E-state index in [0.29, 0.717) is 36.4 Å². The summed E-state index contributed by atoms with van der Waals surface area (Å²) in [5.74, 6) is 0.936. The number of hydrogen-bond acceptors (Lipinski definition) is 10. The first-order chi connectivity index (χ1) is 12.9. The van der Waals surface area contributed by atoms with E-state index in [1.54, 1.807) is 24.8 Å². The van der Waals surface area contributed by atoms with Gasteiger partial charge in [-0.1, -0.05) is 0 Å². The van der Waals surface area contributed by atoms with Crippen LogP contribution in [-0.2, 0) is 0 Å². The molecule has 0 aromatic carbocycles. The zero-order chi connectivity index (χ0) is 17.6. The van der Waals surface area contributed by atoms with Gasteiger partial charge in [-0.15, -0.1) is 8.75 Å². The number of pyridine rings is 2. The van der Waals surface area contributed by atoms with Crippen molar-refractivity contribution in [3.8, 4) is 34.3 Å². The van der Waals surface area contributed by atoms with Gasteiger partial charge in [0.1, 0.15) is 24.6 Å². The van der Waals surface area contributed by atoms with Crippen LogP contribution in [0, 0.1) is 0 Å². The van der Waals surface area contributed by atoms with Crippen molar-refractivity contribution in [1.82, 2.24) is 27.5 Å². The minimum Gasteiger partial charge on any atom is -0.472 e. The second-order valence-electron chi connectivity index (χ2n) is 5.02. The summed E-state index contributed by atoms with van der Waals surface area (Å²) in [5, 5.41) is 0. The highest BCUT2D eigenvalue weighted by Crippen LogP contribution is 2.28. The summed E-state index contributed by atoms with van der Waals surface area (Å²) in [6, 6.07) is 7.51. The molecular weight excluding hydrogens is 372 g/mol. The van der Waals surface area contributed by atoms with Gasteiger partial charge in [0.2, 0.25) is 0 Å². The molecule has 0 spiro atoms. The van der Waals surface area contributed by atoms with E-state index in [2.05, 4.69) is 27.5 Å². The summed E-state index contributed by atoms with van der Waals surface area (Å²) in [5.41, 5.74) is 3.07. The molecule has 0 saturated heterocycles. The SMILES string of the molecule is c1cncc(-c2nsnc2OCCOc2nsnc2-c2cccnc2)c1. The Hall–Kier alpha value is -2.98. The van der Waals surface area contributed by atoms with E-state index in [-0.39, 0.29) is 0 Å². The van der Waals surface area contributed by atoms with Gasteiger partial charge in [0.05, 0.1) is 23.5 Å². The van der Waals surface area contributed by atoms with Crippen molar-refractivity contribution in [3.63, 3.8) is 0 Å². The highest BCUT2D eigenvalue weighted by atomic mass is 32.1. The highest BCUT2D eigenvalue weighted by Gasteiger charge is 2.14. The Morgan fingerprint density at radius 1 is 0.692 bits per heavy atom. The van der Waals surface area contributed by atoms with Crippen LogP contribution in [0.3, 0.4) is 0 Å². The van der Waals surface area contributed by atoms with Gasteiger partial charge in [-0.25, -0.2) is 0 Å². The maximum atomic E-state index is 5.70. The van der Waals surface area contributed by atoms with E-state index in [9.17, 15) is 0 Å². The van der Waals surface area contributed by atoms with Gasteiger partial charge in [-0.05, 0) is 24.3 Å². The Labute approximate surface area is 157 Å². The predicted molar refractivity (Wildman–Crippen MR) is 97.3 cm³/mol. The molecule has 0 aliphatic rings. The summed E-state index contributed by atoms with van der Waals surface area (Å²) in [4.78, 5) is 8.18. The van der Waals surface area contributed by atoms with E-state index in [1.165, 1.54) is 0 Å². The Kier molecular flexibility index (Phi) is 5.03. The third-order valence-corrected chi connectivity index (χ3v) is 4.37. The Morgan fingerprint density at radius 3 is 1.62 bits per heavy atom. The molecule has 26 heavy (non-hydrogen) atoms. The molecule has 0 atom stereocenters. The van der Waals surface area contributed by atoms with Crippen molar-refractivity contribution in [2.24, 2.45) is 0 Å². The number of hydrogen-bond donors (Lipinski definition) is 0. The lowest BCUT2D eigenvalue weighted by atomic mass is 10.2. The average molecular weight is 384 g/mol. The number of ether oxygens (including phenoxy) is 2. The van der Waals surface area contributed by atoms with Crippen molar-refractivity contribution in [2.45, 2.75) is 0 Å². The molecule has 0 amide bonds. The van der Waals surface area contributed by atoms with Gasteiger partial charge in [0.15, 0.2) is 0 Å². The molecule has 0 bridgehead atoms. The normalized spacial score (nSPS) is 10.6. The first kappa shape index (κ1) is 16.5. The van der Waals surface area contributed by atoms with Gasteiger partial charge in [-0.2, -0.15) is 8.75 Å². The fourth-order valence-electron chi connectivity index (χ4n) is 2.19. The first-order valence-corrected chi connectivity index (χ1v) is 9.09. The standard InChI is InChI=1S/C16H12N6O2S2/c1-3-11(9-17-5-1)13-15(21-25-19-13)23-7-8-24-16-14(20-26-22-16)12-4-2-6-18-10-12/h1-6,9-10H,7-8H2. The number of nitrogens with zero attached hydrogens (tertiary/aromatic N) is 6. The maximum absolute atomic E-state index is 5.70. The van der Waals surface area contributed by atoms with Crippen molar-refractivity contribution in [2.75, 3.05) is 13.2 Å². The number of aromatic nitrogens is 6. The van der Waals surface area contributed by atoms with E-state index in [4.69, 9.17) is 9.47 Å². The fraction of sp³-hybridized carbons (Fsp3) is 0.125. The maximum Gasteiger partial charge on any atom is 0.254 e. The smallest absolute Gasteiger partial charge is 0.254 e. The Bertz CT molecular complexity index is 881. The van der Waals surface area contributed by atoms with Crippen LogP contribution in [0.1, 0.15) is 0 Å². The quantitative estimate of drug-likeness (QED) is 0.449. The summed E-state index contributed by atoms with van der Waals surface area (Å²) in [6.45, 7) is 0.616. The molecule has 0 radical (unpaired) electrons.